The molecule has 1 fully saturated rings. The maximum Gasteiger partial charge on any atom is 0.0826 e. The molecule has 0 amide bonds. The lowest BCUT2D eigenvalue weighted by Gasteiger charge is -2.27. The van der Waals surface area contributed by atoms with Crippen LogP contribution in [0.5, 0.6) is 0 Å². The molecule has 1 aliphatic rings. The average molecular weight is 256 g/mol. The monoisotopic (exact) mass is 255 g/mol. The van der Waals surface area contributed by atoms with Crippen LogP contribution in [0.2, 0.25) is 0 Å². The number of ether oxygens (including phenoxy) is 1. The lowest BCUT2D eigenvalue weighted by atomic mass is 9.99. The Morgan fingerprint density at radius 1 is 1.36 bits per heavy atom. The van der Waals surface area contributed by atoms with Gasteiger partial charge in [0.1, 0.15) is 0 Å². The Kier molecular flexibility index (Phi) is 3.21. The Bertz CT molecular complexity index is 308. The van der Waals surface area contributed by atoms with Gasteiger partial charge in [-0.3, -0.25) is 0 Å². The van der Waals surface area contributed by atoms with E-state index in [1.807, 2.05) is 12.1 Å². The van der Waals surface area contributed by atoms with Crippen molar-refractivity contribution in [2.45, 2.75) is 25.0 Å². The summed E-state index contributed by atoms with van der Waals surface area (Å²) in [5.41, 5.74) is 7.01. The molecule has 0 aromatic heterocycles. The van der Waals surface area contributed by atoms with Gasteiger partial charge in [-0.15, -0.1) is 0 Å². The van der Waals surface area contributed by atoms with Crippen molar-refractivity contribution in [1.29, 1.82) is 0 Å². The van der Waals surface area contributed by atoms with Crippen molar-refractivity contribution >= 4 is 15.9 Å². The van der Waals surface area contributed by atoms with Crippen molar-refractivity contribution in [3.05, 3.63) is 34.3 Å². The number of hydrogen-bond acceptors (Lipinski definition) is 2. The maximum absolute atomic E-state index is 5.77. The SMILES string of the molecule is NC1CCC(c2cccc(Br)c2)OC1. The summed E-state index contributed by atoms with van der Waals surface area (Å²) >= 11 is 3.46. The summed E-state index contributed by atoms with van der Waals surface area (Å²) in [6, 6.07) is 8.50. The predicted octanol–water partition coefficient (Wildman–Crippen LogP) is 2.63. The molecule has 76 valence electrons. The molecule has 2 N–H and O–H groups in total. The van der Waals surface area contributed by atoms with Crippen LogP contribution in [-0.2, 0) is 4.74 Å². The zero-order chi connectivity index (χ0) is 9.97. The van der Waals surface area contributed by atoms with E-state index in [2.05, 4.69) is 28.1 Å². The Morgan fingerprint density at radius 3 is 2.86 bits per heavy atom. The van der Waals surface area contributed by atoms with Crippen LogP contribution in [0.25, 0.3) is 0 Å². The second-order valence-corrected chi connectivity index (χ2v) is 4.63. The molecule has 1 heterocycles. The lowest BCUT2D eigenvalue weighted by Crippen LogP contribution is -2.32. The van der Waals surface area contributed by atoms with Crippen LogP contribution in [0, 0.1) is 0 Å². The highest BCUT2D eigenvalue weighted by Gasteiger charge is 2.20. The fourth-order valence-electron chi connectivity index (χ4n) is 1.74. The van der Waals surface area contributed by atoms with E-state index in [9.17, 15) is 0 Å². The van der Waals surface area contributed by atoms with Gasteiger partial charge in [0.2, 0.25) is 0 Å². The van der Waals surface area contributed by atoms with Crippen molar-refractivity contribution in [2.24, 2.45) is 5.73 Å². The van der Waals surface area contributed by atoms with Gasteiger partial charge in [0, 0.05) is 10.5 Å². The van der Waals surface area contributed by atoms with E-state index < -0.39 is 0 Å². The minimum absolute atomic E-state index is 0.221. The molecular formula is C11H14BrNO. The third-order valence-electron chi connectivity index (χ3n) is 2.53. The molecule has 14 heavy (non-hydrogen) atoms. The normalized spacial score (nSPS) is 27.6. The van der Waals surface area contributed by atoms with Gasteiger partial charge in [0.05, 0.1) is 12.7 Å². The van der Waals surface area contributed by atoms with Gasteiger partial charge < -0.3 is 10.5 Å². The minimum Gasteiger partial charge on any atom is -0.372 e. The summed E-state index contributed by atoms with van der Waals surface area (Å²) in [7, 11) is 0. The van der Waals surface area contributed by atoms with E-state index in [1.54, 1.807) is 0 Å². The average Bonchev–Trinajstić information content (AvgIpc) is 2.19. The summed E-state index contributed by atoms with van der Waals surface area (Å²) in [5, 5.41) is 0. The molecule has 0 aliphatic carbocycles. The minimum atomic E-state index is 0.221. The van der Waals surface area contributed by atoms with E-state index in [1.165, 1.54) is 5.56 Å². The first-order chi connectivity index (χ1) is 6.75. The van der Waals surface area contributed by atoms with Crippen LogP contribution in [0.4, 0.5) is 0 Å². The summed E-state index contributed by atoms with van der Waals surface area (Å²) in [5.74, 6) is 0. The van der Waals surface area contributed by atoms with E-state index in [0.29, 0.717) is 6.61 Å². The fraction of sp³-hybridized carbons (Fsp3) is 0.455. The van der Waals surface area contributed by atoms with Crippen LogP contribution in [0.15, 0.2) is 28.7 Å². The molecule has 2 unspecified atom stereocenters. The first-order valence-electron chi connectivity index (χ1n) is 4.88. The highest BCUT2D eigenvalue weighted by Crippen LogP contribution is 2.28. The van der Waals surface area contributed by atoms with Gasteiger partial charge in [-0.1, -0.05) is 28.1 Å². The molecule has 0 radical (unpaired) electrons. The number of nitrogens with two attached hydrogens (primary N) is 1. The highest BCUT2D eigenvalue weighted by atomic mass is 79.9. The van der Waals surface area contributed by atoms with Crippen molar-refractivity contribution in [2.75, 3.05) is 6.61 Å². The Hall–Kier alpha value is -0.380. The number of hydrogen-bond donors (Lipinski definition) is 1. The topological polar surface area (TPSA) is 35.2 Å². The molecule has 2 atom stereocenters. The van der Waals surface area contributed by atoms with Crippen molar-refractivity contribution in [3.63, 3.8) is 0 Å². The molecule has 1 aromatic rings. The van der Waals surface area contributed by atoms with E-state index >= 15 is 0 Å². The second-order valence-electron chi connectivity index (χ2n) is 3.71. The molecule has 2 rings (SSSR count). The lowest BCUT2D eigenvalue weighted by molar-refractivity contribution is 0.00408. The molecular weight excluding hydrogens is 242 g/mol. The van der Waals surface area contributed by atoms with Gasteiger partial charge in [0.15, 0.2) is 0 Å². The van der Waals surface area contributed by atoms with Gasteiger partial charge >= 0.3 is 0 Å². The molecule has 0 spiro atoms. The Labute approximate surface area is 92.6 Å². The van der Waals surface area contributed by atoms with Crippen LogP contribution in [-0.4, -0.2) is 12.6 Å². The molecule has 0 bridgehead atoms. The van der Waals surface area contributed by atoms with Gasteiger partial charge in [-0.2, -0.15) is 0 Å². The summed E-state index contributed by atoms with van der Waals surface area (Å²) in [4.78, 5) is 0. The van der Waals surface area contributed by atoms with Gasteiger partial charge in [0.25, 0.3) is 0 Å². The summed E-state index contributed by atoms with van der Waals surface area (Å²) in [6.45, 7) is 0.678. The molecule has 3 heteroatoms. The Balaban J connectivity index is 2.08. The Morgan fingerprint density at radius 2 is 2.21 bits per heavy atom. The van der Waals surface area contributed by atoms with Gasteiger partial charge in [-0.05, 0) is 30.5 Å². The fourth-order valence-corrected chi connectivity index (χ4v) is 2.16. The zero-order valence-electron chi connectivity index (χ0n) is 7.95. The van der Waals surface area contributed by atoms with Crippen LogP contribution >= 0.6 is 15.9 Å². The quantitative estimate of drug-likeness (QED) is 0.838. The number of rotatable bonds is 1. The van der Waals surface area contributed by atoms with E-state index in [0.717, 1.165) is 17.3 Å². The van der Waals surface area contributed by atoms with E-state index in [-0.39, 0.29) is 12.1 Å². The second kappa shape index (κ2) is 4.43. The first-order valence-corrected chi connectivity index (χ1v) is 5.67. The molecule has 1 aliphatic heterocycles. The van der Waals surface area contributed by atoms with E-state index in [4.69, 9.17) is 10.5 Å². The molecule has 1 aromatic carbocycles. The summed E-state index contributed by atoms with van der Waals surface area (Å²) < 4.78 is 6.79. The van der Waals surface area contributed by atoms with Crippen molar-refractivity contribution in [1.82, 2.24) is 0 Å². The summed E-state index contributed by atoms with van der Waals surface area (Å²) in [6.07, 6.45) is 2.31. The zero-order valence-corrected chi connectivity index (χ0v) is 9.53. The van der Waals surface area contributed by atoms with Crippen LogP contribution < -0.4 is 5.73 Å². The maximum atomic E-state index is 5.77. The number of benzene rings is 1. The molecule has 0 saturated carbocycles. The third kappa shape index (κ3) is 2.35. The predicted molar refractivity (Wildman–Crippen MR) is 60.0 cm³/mol. The van der Waals surface area contributed by atoms with Crippen molar-refractivity contribution < 1.29 is 4.74 Å². The highest BCUT2D eigenvalue weighted by molar-refractivity contribution is 9.10. The standard InChI is InChI=1S/C11H14BrNO/c12-9-3-1-2-8(6-9)11-5-4-10(13)7-14-11/h1-3,6,10-11H,4-5,7,13H2. The smallest absolute Gasteiger partial charge is 0.0826 e. The van der Waals surface area contributed by atoms with Crippen LogP contribution in [0.3, 0.4) is 0 Å². The van der Waals surface area contributed by atoms with Gasteiger partial charge in [-0.25, -0.2) is 0 Å². The number of halogens is 1. The molecule has 2 nitrogen and oxygen atoms in total. The van der Waals surface area contributed by atoms with Crippen molar-refractivity contribution in [3.8, 4) is 0 Å². The first kappa shape index (κ1) is 10.1. The third-order valence-corrected chi connectivity index (χ3v) is 3.02. The molecule has 1 saturated heterocycles. The largest absolute Gasteiger partial charge is 0.372 e. The van der Waals surface area contributed by atoms with Crippen LogP contribution in [0.1, 0.15) is 24.5 Å².